The molecule has 1 saturated heterocycles. The summed E-state index contributed by atoms with van der Waals surface area (Å²) < 4.78 is 2.17. The lowest BCUT2D eigenvalue weighted by Gasteiger charge is -2.16. The van der Waals surface area contributed by atoms with Crippen LogP contribution in [-0.2, 0) is 11.3 Å². The van der Waals surface area contributed by atoms with Crippen molar-refractivity contribution in [2.45, 2.75) is 32.7 Å². The fourth-order valence-electron chi connectivity index (χ4n) is 3.05. The maximum absolute atomic E-state index is 12.0. The van der Waals surface area contributed by atoms with Gasteiger partial charge in [-0.3, -0.25) is 4.79 Å². The predicted molar refractivity (Wildman–Crippen MR) is 75.8 cm³/mol. The number of likely N-dealkylation sites (tertiary alicyclic amines) is 1. The molecule has 0 aromatic carbocycles. The van der Waals surface area contributed by atoms with Crippen LogP contribution in [0.5, 0.6) is 0 Å². The van der Waals surface area contributed by atoms with Crippen LogP contribution in [0.3, 0.4) is 0 Å². The first kappa shape index (κ1) is 12.3. The molecular weight excluding hydrogens is 236 g/mol. The van der Waals surface area contributed by atoms with Crippen molar-refractivity contribution < 1.29 is 4.79 Å². The molecule has 1 amide bonds. The Morgan fingerprint density at radius 3 is 3.00 bits per heavy atom. The lowest BCUT2D eigenvalue weighted by molar-refractivity contribution is -0.128. The topological polar surface area (TPSA) is 24.7 Å². The number of carbonyl (C=O) groups excluding carboxylic acids is 1. The number of pyridine rings is 1. The smallest absolute Gasteiger partial charge is 0.223 e. The molecule has 0 aliphatic carbocycles. The average Bonchev–Trinajstić information content (AvgIpc) is 2.96. The molecular formula is C16H20N2O. The van der Waals surface area contributed by atoms with Gasteiger partial charge in [0.25, 0.3) is 0 Å². The summed E-state index contributed by atoms with van der Waals surface area (Å²) in [5.41, 5.74) is 2.38. The lowest BCUT2D eigenvalue weighted by atomic mass is 10.0. The maximum Gasteiger partial charge on any atom is 0.223 e. The molecule has 0 bridgehead atoms. The van der Waals surface area contributed by atoms with E-state index in [1.54, 1.807) is 0 Å². The van der Waals surface area contributed by atoms with Crippen LogP contribution < -0.4 is 0 Å². The van der Waals surface area contributed by atoms with Gasteiger partial charge in [-0.05, 0) is 36.6 Å². The van der Waals surface area contributed by atoms with Crippen LogP contribution in [0, 0.1) is 5.92 Å². The highest BCUT2D eigenvalue weighted by molar-refractivity contribution is 5.78. The number of amides is 1. The number of hydrogen-bond acceptors (Lipinski definition) is 1. The van der Waals surface area contributed by atoms with Gasteiger partial charge < -0.3 is 9.30 Å². The summed E-state index contributed by atoms with van der Waals surface area (Å²) in [6, 6.07) is 10.4. The van der Waals surface area contributed by atoms with Gasteiger partial charge in [0, 0.05) is 30.4 Å². The Bertz CT molecular complexity index is 587. The first-order valence-electron chi connectivity index (χ1n) is 7.10. The Morgan fingerprint density at radius 2 is 2.16 bits per heavy atom. The summed E-state index contributed by atoms with van der Waals surface area (Å²) in [7, 11) is 0. The second-order valence-electron chi connectivity index (χ2n) is 5.45. The number of aromatic nitrogens is 1. The van der Waals surface area contributed by atoms with Gasteiger partial charge in [0.2, 0.25) is 5.91 Å². The summed E-state index contributed by atoms with van der Waals surface area (Å²) in [6.07, 6.45) is 5.13. The summed E-state index contributed by atoms with van der Waals surface area (Å²) in [5.74, 6) is 0.869. The van der Waals surface area contributed by atoms with E-state index in [1.165, 1.54) is 17.6 Å². The van der Waals surface area contributed by atoms with E-state index < -0.39 is 0 Å². The SMILES string of the molecule is CCCC1CC(=O)N(Cc2ccc3ccccn23)C1. The van der Waals surface area contributed by atoms with Gasteiger partial charge in [0.1, 0.15) is 0 Å². The third-order valence-electron chi connectivity index (χ3n) is 3.99. The van der Waals surface area contributed by atoms with Gasteiger partial charge in [-0.1, -0.05) is 19.4 Å². The third kappa shape index (κ3) is 2.37. The minimum Gasteiger partial charge on any atom is -0.337 e. The molecule has 19 heavy (non-hydrogen) atoms. The highest BCUT2D eigenvalue weighted by Gasteiger charge is 2.29. The third-order valence-corrected chi connectivity index (χ3v) is 3.99. The molecule has 2 aromatic rings. The maximum atomic E-state index is 12.0. The van der Waals surface area contributed by atoms with Crippen molar-refractivity contribution in [2.75, 3.05) is 6.54 Å². The summed E-state index contributed by atoms with van der Waals surface area (Å²) in [5, 5.41) is 0. The molecule has 0 spiro atoms. The number of rotatable bonds is 4. The van der Waals surface area contributed by atoms with Crippen molar-refractivity contribution in [1.82, 2.24) is 9.30 Å². The number of hydrogen-bond donors (Lipinski definition) is 0. The molecule has 3 rings (SSSR count). The molecule has 3 heterocycles. The van der Waals surface area contributed by atoms with Crippen molar-refractivity contribution >= 4 is 11.4 Å². The van der Waals surface area contributed by atoms with Gasteiger partial charge in [-0.25, -0.2) is 0 Å². The second kappa shape index (κ2) is 5.08. The molecule has 3 heteroatoms. The zero-order chi connectivity index (χ0) is 13.2. The number of nitrogens with zero attached hydrogens (tertiary/aromatic N) is 2. The Labute approximate surface area is 113 Å². The van der Waals surface area contributed by atoms with Crippen molar-refractivity contribution in [1.29, 1.82) is 0 Å². The van der Waals surface area contributed by atoms with E-state index in [0.29, 0.717) is 11.8 Å². The summed E-state index contributed by atoms with van der Waals surface area (Å²) >= 11 is 0. The van der Waals surface area contributed by atoms with E-state index >= 15 is 0 Å². The van der Waals surface area contributed by atoms with E-state index in [1.807, 2.05) is 17.0 Å². The zero-order valence-electron chi connectivity index (χ0n) is 11.4. The molecule has 3 nitrogen and oxygen atoms in total. The molecule has 1 fully saturated rings. The largest absolute Gasteiger partial charge is 0.337 e. The molecule has 2 aromatic heterocycles. The Morgan fingerprint density at radius 1 is 1.26 bits per heavy atom. The number of fused-ring (bicyclic) bond motifs is 1. The Kier molecular flexibility index (Phi) is 3.28. The van der Waals surface area contributed by atoms with E-state index in [9.17, 15) is 4.79 Å². The molecule has 0 radical (unpaired) electrons. The summed E-state index contributed by atoms with van der Waals surface area (Å²) in [4.78, 5) is 14.0. The van der Waals surface area contributed by atoms with E-state index in [0.717, 1.165) is 25.9 Å². The molecule has 1 aliphatic rings. The van der Waals surface area contributed by atoms with Crippen molar-refractivity contribution in [2.24, 2.45) is 5.92 Å². The standard InChI is InChI=1S/C16H20N2O/c1-2-5-13-10-16(19)17(11-13)12-15-8-7-14-6-3-4-9-18(14)15/h3-4,6-9,13H,2,5,10-12H2,1H3. The van der Waals surface area contributed by atoms with Crippen LogP contribution in [0.4, 0.5) is 0 Å². The van der Waals surface area contributed by atoms with Gasteiger partial charge in [-0.2, -0.15) is 0 Å². The fraction of sp³-hybridized carbons (Fsp3) is 0.438. The zero-order valence-corrected chi connectivity index (χ0v) is 11.4. The molecule has 0 N–H and O–H groups in total. The van der Waals surface area contributed by atoms with Crippen molar-refractivity contribution in [3.8, 4) is 0 Å². The van der Waals surface area contributed by atoms with Crippen molar-refractivity contribution in [3.05, 3.63) is 42.2 Å². The van der Waals surface area contributed by atoms with Crippen LogP contribution in [0.2, 0.25) is 0 Å². The first-order chi connectivity index (χ1) is 9.28. The van der Waals surface area contributed by atoms with Crippen LogP contribution >= 0.6 is 0 Å². The van der Waals surface area contributed by atoms with E-state index in [2.05, 4.69) is 35.7 Å². The van der Waals surface area contributed by atoms with Gasteiger partial charge in [0.05, 0.1) is 6.54 Å². The highest BCUT2D eigenvalue weighted by Crippen LogP contribution is 2.24. The minimum absolute atomic E-state index is 0.310. The van der Waals surface area contributed by atoms with Crippen LogP contribution in [0.25, 0.3) is 5.52 Å². The van der Waals surface area contributed by atoms with Crippen LogP contribution in [-0.4, -0.2) is 21.8 Å². The quantitative estimate of drug-likeness (QED) is 0.825. The van der Waals surface area contributed by atoms with Crippen LogP contribution in [0.15, 0.2) is 36.5 Å². The predicted octanol–water partition coefficient (Wildman–Crippen LogP) is 3.09. The second-order valence-corrected chi connectivity index (χ2v) is 5.45. The molecule has 1 atom stereocenters. The summed E-state index contributed by atoms with van der Waals surface area (Å²) in [6.45, 7) is 3.84. The Balaban J connectivity index is 1.76. The average molecular weight is 256 g/mol. The molecule has 1 unspecified atom stereocenters. The molecule has 100 valence electrons. The van der Waals surface area contributed by atoms with Gasteiger partial charge in [-0.15, -0.1) is 0 Å². The first-order valence-corrected chi connectivity index (χ1v) is 7.10. The normalized spacial score (nSPS) is 19.5. The Hall–Kier alpha value is -1.77. The van der Waals surface area contributed by atoms with Crippen LogP contribution in [0.1, 0.15) is 31.9 Å². The van der Waals surface area contributed by atoms with Gasteiger partial charge >= 0.3 is 0 Å². The van der Waals surface area contributed by atoms with E-state index in [4.69, 9.17) is 0 Å². The molecule has 1 aliphatic heterocycles. The monoisotopic (exact) mass is 256 g/mol. The lowest BCUT2D eigenvalue weighted by Crippen LogP contribution is -2.25. The highest BCUT2D eigenvalue weighted by atomic mass is 16.2. The van der Waals surface area contributed by atoms with Crippen molar-refractivity contribution in [3.63, 3.8) is 0 Å². The molecule has 0 saturated carbocycles. The number of carbonyl (C=O) groups is 1. The van der Waals surface area contributed by atoms with E-state index in [-0.39, 0.29) is 0 Å². The minimum atomic E-state index is 0.310. The fourth-order valence-corrected chi connectivity index (χ4v) is 3.05. The van der Waals surface area contributed by atoms with Gasteiger partial charge in [0.15, 0.2) is 0 Å².